The zero-order chi connectivity index (χ0) is 23.5. The fraction of sp³-hybridized carbons (Fsp3) is 0.583. The monoisotopic (exact) mass is 446 g/mol. The Balaban J connectivity index is 1.70. The van der Waals surface area contributed by atoms with E-state index < -0.39 is 17.7 Å². The minimum Gasteiger partial charge on any atom is -0.493 e. The molecule has 2 aliphatic rings. The minimum absolute atomic E-state index is 0.169. The fourth-order valence-corrected chi connectivity index (χ4v) is 4.55. The van der Waals surface area contributed by atoms with Crippen molar-refractivity contribution in [2.24, 2.45) is 0 Å². The van der Waals surface area contributed by atoms with Crippen LogP contribution in [-0.2, 0) is 19.7 Å². The Morgan fingerprint density at radius 2 is 1.91 bits per heavy atom. The summed E-state index contributed by atoms with van der Waals surface area (Å²) in [6, 6.07) is 6.21. The molecule has 1 aliphatic carbocycles. The Labute approximate surface area is 189 Å². The average molecular weight is 447 g/mol. The van der Waals surface area contributed by atoms with E-state index in [-0.39, 0.29) is 24.1 Å². The van der Waals surface area contributed by atoms with Crippen molar-refractivity contribution in [3.8, 4) is 11.5 Å². The highest BCUT2D eigenvalue weighted by Gasteiger charge is 2.48. The van der Waals surface area contributed by atoms with Crippen molar-refractivity contribution in [3.05, 3.63) is 35.9 Å². The van der Waals surface area contributed by atoms with Crippen LogP contribution in [-0.4, -0.2) is 69.1 Å². The number of nitrogens with one attached hydrogen (secondary N) is 1. The highest BCUT2D eigenvalue weighted by atomic mass is 16.6. The standard InChI is InChI=1S/C24H34N2O6/c1-23(2,3)32-22(28)25-15-21(27)31-17-9-10-24(11-12-26(4)20(24)14-17)16-7-8-18(29-5)19(13-16)30-6/h7-10,13,17,20H,11-12,14-15H2,1-6H3,(H,25,28)/t17?,20-,24-/m0/s1. The molecule has 1 heterocycles. The first-order valence-corrected chi connectivity index (χ1v) is 10.9. The Morgan fingerprint density at radius 3 is 2.56 bits per heavy atom. The molecule has 0 aromatic heterocycles. The molecule has 1 unspecified atom stereocenters. The van der Waals surface area contributed by atoms with E-state index in [0.29, 0.717) is 17.9 Å². The van der Waals surface area contributed by atoms with Gasteiger partial charge in [0.2, 0.25) is 0 Å². The first kappa shape index (κ1) is 23.9. The number of likely N-dealkylation sites (tertiary alicyclic amines) is 1. The van der Waals surface area contributed by atoms with E-state index in [1.165, 1.54) is 0 Å². The van der Waals surface area contributed by atoms with Crippen molar-refractivity contribution in [1.29, 1.82) is 0 Å². The number of fused-ring (bicyclic) bond motifs is 1. The lowest BCUT2D eigenvalue weighted by molar-refractivity contribution is -0.146. The lowest BCUT2D eigenvalue weighted by Gasteiger charge is -2.40. The zero-order valence-electron chi connectivity index (χ0n) is 19.8. The normalized spacial score (nSPS) is 25.1. The average Bonchev–Trinajstić information content (AvgIpc) is 3.08. The number of carbonyl (C=O) groups excluding carboxylic acids is 2. The largest absolute Gasteiger partial charge is 0.493 e. The Morgan fingerprint density at radius 1 is 1.19 bits per heavy atom. The number of hydrogen-bond donors (Lipinski definition) is 1. The van der Waals surface area contributed by atoms with Crippen LogP contribution < -0.4 is 14.8 Å². The molecule has 1 amide bonds. The van der Waals surface area contributed by atoms with Crippen molar-refractivity contribution in [1.82, 2.24) is 10.2 Å². The van der Waals surface area contributed by atoms with E-state index in [9.17, 15) is 9.59 Å². The molecular weight excluding hydrogens is 412 g/mol. The second-order valence-electron chi connectivity index (χ2n) is 9.34. The molecule has 176 valence electrons. The van der Waals surface area contributed by atoms with E-state index in [1.54, 1.807) is 35.0 Å². The predicted octanol–water partition coefficient (Wildman–Crippen LogP) is 3.04. The number of alkyl carbamates (subject to hydrolysis) is 1. The molecule has 0 bridgehead atoms. The van der Waals surface area contributed by atoms with E-state index in [2.05, 4.69) is 29.4 Å². The first-order chi connectivity index (χ1) is 15.1. The summed E-state index contributed by atoms with van der Waals surface area (Å²) in [5.41, 5.74) is 0.337. The third-order valence-corrected chi connectivity index (χ3v) is 6.05. The number of amides is 1. The highest BCUT2D eigenvalue weighted by Crippen LogP contribution is 2.47. The van der Waals surface area contributed by atoms with E-state index in [4.69, 9.17) is 18.9 Å². The summed E-state index contributed by atoms with van der Waals surface area (Å²) in [6.45, 7) is 5.99. The molecule has 0 spiro atoms. The lowest BCUT2D eigenvalue weighted by atomic mass is 9.69. The number of nitrogens with zero attached hydrogens (tertiary/aromatic N) is 1. The molecule has 32 heavy (non-hydrogen) atoms. The molecule has 3 atom stereocenters. The maximum absolute atomic E-state index is 12.3. The van der Waals surface area contributed by atoms with Crippen LogP contribution in [0, 0.1) is 0 Å². The molecule has 1 fully saturated rings. The molecular formula is C24H34N2O6. The van der Waals surface area contributed by atoms with Crippen molar-refractivity contribution in [2.75, 3.05) is 34.4 Å². The van der Waals surface area contributed by atoms with Gasteiger partial charge < -0.3 is 29.2 Å². The zero-order valence-corrected chi connectivity index (χ0v) is 19.8. The van der Waals surface area contributed by atoms with E-state index in [0.717, 1.165) is 18.5 Å². The number of likely N-dealkylation sites (N-methyl/N-ethyl adjacent to an activating group) is 1. The summed E-state index contributed by atoms with van der Waals surface area (Å²) in [5, 5.41) is 2.44. The van der Waals surface area contributed by atoms with Crippen molar-refractivity contribution in [2.45, 2.75) is 56.8 Å². The van der Waals surface area contributed by atoms with Gasteiger partial charge in [0.05, 0.1) is 14.2 Å². The van der Waals surface area contributed by atoms with Crippen LogP contribution in [0.25, 0.3) is 0 Å². The molecule has 1 aliphatic heterocycles. The van der Waals surface area contributed by atoms with Crippen molar-refractivity contribution < 1.29 is 28.5 Å². The Bertz CT molecular complexity index is 878. The number of benzene rings is 1. The Kier molecular flexibility index (Phi) is 7.03. The van der Waals surface area contributed by atoms with Gasteiger partial charge in [0.25, 0.3) is 0 Å². The second kappa shape index (κ2) is 9.40. The van der Waals surface area contributed by atoms with Crippen molar-refractivity contribution >= 4 is 12.1 Å². The maximum Gasteiger partial charge on any atom is 0.408 e. The molecule has 1 aromatic rings. The van der Waals surface area contributed by atoms with Gasteiger partial charge in [0.1, 0.15) is 18.2 Å². The van der Waals surface area contributed by atoms with Gasteiger partial charge in [-0.2, -0.15) is 0 Å². The topological polar surface area (TPSA) is 86.3 Å². The van der Waals surface area contributed by atoms with Crippen LogP contribution in [0.2, 0.25) is 0 Å². The van der Waals surface area contributed by atoms with Gasteiger partial charge in [0.15, 0.2) is 11.5 Å². The molecule has 1 N–H and O–H groups in total. The number of esters is 1. The van der Waals surface area contributed by atoms with Crippen LogP contribution in [0.4, 0.5) is 4.79 Å². The highest BCUT2D eigenvalue weighted by molar-refractivity contribution is 5.78. The summed E-state index contributed by atoms with van der Waals surface area (Å²) >= 11 is 0. The van der Waals surface area contributed by atoms with Crippen molar-refractivity contribution in [3.63, 3.8) is 0 Å². The summed E-state index contributed by atoms with van der Waals surface area (Å²) in [6.07, 6.45) is 4.74. The van der Waals surface area contributed by atoms with Crippen LogP contribution >= 0.6 is 0 Å². The van der Waals surface area contributed by atoms with Gasteiger partial charge in [-0.15, -0.1) is 0 Å². The van der Waals surface area contributed by atoms with Gasteiger partial charge in [-0.3, -0.25) is 4.79 Å². The van der Waals surface area contributed by atoms with Crippen LogP contribution in [0.3, 0.4) is 0 Å². The van der Waals surface area contributed by atoms with Crippen LogP contribution in [0.1, 0.15) is 39.2 Å². The molecule has 1 saturated heterocycles. The second-order valence-corrected chi connectivity index (χ2v) is 9.34. The number of methoxy groups -OCH3 is 2. The molecule has 0 saturated carbocycles. The third-order valence-electron chi connectivity index (χ3n) is 6.05. The maximum atomic E-state index is 12.3. The molecule has 8 heteroatoms. The van der Waals surface area contributed by atoms with E-state index in [1.807, 2.05) is 18.2 Å². The van der Waals surface area contributed by atoms with Crippen LogP contribution in [0.5, 0.6) is 11.5 Å². The molecule has 3 rings (SSSR count). The number of hydrogen-bond acceptors (Lipinski definition) is 7. The number of rotatable bonds is 6. The SMILES string of the molecule is COc1ccc([C@@]23C=CC(OC(=O)CNC(=O)OC(C)(C)C)C[C@@H]2N(C)CC3)cc1OC. The van der Waals surface area contributed by atoms with E-state index >= 15 is 0 Å². The molecule has 0 radical (unpaired) electrons. The molecule has 8 nitrogen and oxygen atoms in total. The minimum atomic E-state index is -0.642. The first-order valence-electron chi connectivity index (χ1n) is 10.9. The summed E-state index contributed by atoms with van der Waals surface area (Å²) in [7, 11) is 5.35. The van der Waals surface area contributed by atoms with Gasteiger partial charge in [-0.1, -0.05) is 12.1 Å². The summed E-state index contributed by atoms with van der Waals surface area (Å²) in [4.78, 5) is 26.4. The lowest BCUT2D eigenvalue weighted by Crippen LogP contribution is -2.46. The van der Waals surface area contributed by atoms with Crippen LogP contribution in [0.15, 0.2) is 30.4 Å². The quantitative estimate of drug-likeness (QED) is 0.531. The van der Waals surface area contributed by atoms with Gasteiger partial charge in [-0.05, 0) is 64.6 Å². The molecule has 1 aromatic carbocycles. The fourth-order valence-electron chi connectivity index (χ4n) is 4.55. The number of carbonyl (C=O) groups is 2. The van der Waals surface area contributed by atoms with Gasteiger partial charge in [0, 0.05) is 17.9 Å². The van der Waals surface area contributed by atoms with Gasteiger partial charge >= 0.3 is 12.1 Å². The summed E-state index contributed by atoms with van der Waals surface area (Å²) < 4.78 is 21.7. The Hall–Kier alpha value is -2.74. The predicted molar refractivity (Wildman–Crippen MR) is 120 cm³/mol. The third kappa shape index (κ3) is 5.18. The smallest absolute Gasteiger partial charge is 0.408 e. The van der Waals surface area contributed by atoms with Gasteiger partial charge in [-0.25, -0.2) is 4.79 Å². The number of ether oxygens (including phenoxy) is 4. The summed E-state index contributed by atoms with van der Waals surface area (Å²) in [5.74, 6) is 0.896.